The van der Waals surface area contributed by atoms with E-state index in [1.54, 1.807) is 0 Å². The van der Waals surface area contributed by atoms with E-state index in [4.69, 9.17) is 0 Å². The topological polar surface area (TPSA) is 40.5 Å². The van der Waals surface area contributed by atoms with Crippen molar-refractivity contribution in [3.63, 3.8) is 0 Å². The molecular formula is C15H28O2. The molecule has 0 amide bonds. The van der Waals surface area contributed by atoms with E-state index in [0.717, 1.165) is 31.1 Å². The normalized spacial score (nSPS) is 43.6. The molecule has 0 spiro atoms. The van der Waals surface area contributed by atoms with Crippen molar-refractivity contribution in [1.82, 2.24) is 0 Å². The van der Waals surface area contributed by atoms with Gasteiger partial charge in [0, 0.05) is 0 Å². The van der Waals surface area contributed by atoms with Crippen molar-refractivity contribution in [3.8, 4) is 0 Å². The second-order valence-electron chi connectivity index (χ2n) is 6.26. The Hall–Kier alpha value is -0.0800. The molecule has 0 aromatic carbocycles. The zero-order chi connectivity index (χ0) is 12.3. The Balaban J connectivity index is 1.85. The lowest BCUT2D eigenvalue weighted by atomic mass is 9.68. The van der Waals surface area contributed by atoms with Crippen molar-refractivity contribution in [2.24, 2.45) is 17.8 Å². The minimum Gasteiger partial charge on any atom is -0.393 e. The minimum atomic E-state index is -0.0413. The van der Waals surface area contributed by atoms with E-state index in [1.165, 1.54) is 38.5 Å². The summed E-state index contributed by atoms with van der Waals surface area (Å²) in [5, 5.41) is 19.6. The van der Waals surface area contributed by atoms with Crippen LogP contribution >= 0.6 is 0 Å². The molecule has 17 heavy (non-hydrogen) atoms. The Kier molecular flexibility index (Phi) is 4.87. The molecule has 0 bridgehead atoms. The zero-order valence-corrected chi connectivity index (χ0v) is 11.1. The Morgan fingerprint density at radius 2 is 1.53 bits per heavy atom. The fourth-order valence-corrected chi connectivity index (χ4v) is 3.97. The van der Waals surface area contributed by atoms with E-state index >= 15 is 0 Å². The first-order chi connectivity index (χ1) is 8.20. The van der Waals surface area contributed by atoms with Crippen LogP contribution in [-0.2, 0) is 0 Å². The Morgan fingerprint density at radius 3 is 2.18 bits per heavy atom. The van der Waals surface area contributed by atoms with Gasteiger partial charge in [0.25, 0.3) is 0 Å². The third kappa shape index (κ3) is 3.45. The largest absolute Gasteiger partial charge is 0.393 e. The van der Waals surface area contributed by atoms with Gasteiger partial charge in [-0.3, -0.25) is 0 Å². The van der Waals surface area contributed by atoms with Gasteiger partial charge in [-0.1, -0.05) is 13.3 Å². The molecule has 0 aromatic rings. The summed E-state index contributed by atoms with van der Waals surface area (Å²) in [6, 6.07) is 0. The van der Waals surface area contributed by atoms with Gasteiger partial charge < -0.3 is 10.2 Å². The van der Waals surface area contributed by atoms with Crippen molar-refractivity contribution in [3.05, 3.63) is 0 Å². The quantitative estimate of drug-likeness (QED) is 0.795. The summed E-state index contributed by atoms with van der Waals surface area (Å²) in [6.07, 6.45) is 10.2. The third-order valence-electron chi connectivity index (χ3n) is 5.05. The molecule has 100 valence electrons. The molecular weight excluding hydrogens is 212 g/mol. The highest BCUT2D eigenvalue weighted by Crippen LogP contribution is 2.41. The maximum absolute atomic E-state index is 10.0. The second-order valence-corrected chi connectivity index (χ2v) is 6.26. The number of rotatable bonds is 3. The fraction of sp³-hybridized carbons (Fsp3) is 1.00. The van der Waals surface area contributed by atoms with E-state index in [1.807, 2.05) is 0 Å². The summed E-state index contributed by atoms with van der Waals surface area (Å²) in [6.45, 7) is 2.22. The first kappa shape index (κ1) is 13.4. The van der Waals surface area contributed by atoms with Crippen LogP contribution in [0.5, 0.6) is 0 Å². The highest BCUT2D eigenvalue weighted by Gasteiger charge is 2.34. The Labute approximate surface area is 105 Å². The fourth-order valence-electron chi connectivity index (χ4n) is 3.97. The highest BCUT2D eigenvalue weighted by atomic mass is 16.3. The molecule has 2 aliphatic rings. The lowest BCUT2D eigenvalue weighted by Crippen LogP contribution is -2.34. The van der Waals surface area contributed by atoms with E-state index in [9.17, 15) is 10.2 Å². The Morgan fingerprint density at radius 1 is 0.882 bits per heavy atom. The Bertz CT molecular complexity index is 221. The molecule has 0 saturated heterocycles. The van der Waals surface area contributed by atoms with E-state index in [0.29, 0.717) is 5.92 Å². The lowest BCUT2D eigenvalue weighted by Gasteiger charge is -2.39. The molecule has 0 radical (unpaired) electrons. The minimum absolute atomic E-state index is 0.0353. The highest BCUT2D eigenvalue weighted by molar-refractivity contribution is 4.85. The molecule has 3 atom stereocenters. The molecule has 0 heterocycles. The van der Waals surface area contributed by atoms with Crippen LogP contribution in [0.3, 0.4) is 0 Å². The number of aliphatic hydroxyl groups excluding tert-OH is 2. The molecule has 2 fully saturated rings. The summed E-state index contributed by atoms with van der Waals surface area (Å²) < 4.78 is 0. The first-order valence-corrected chi connectivity index (χ1v) is 7.56. The maximum Gasteiger partial charge on any atom is 0.0568 e. The van der Waals surface area contributed by atoms with Crippen molar-refractivity contribution >= 4 is 0 Å². The summed E-state index contributed by atoms with van der Waals surface area (Å²) >= 11 is 0. The van der Waals surface area contributed by atoms with Crippen LogP contribution in [0.1, 0.15) is 64.7 Å². The van der Waals surface area contributed by atoms with Crippen LogP contribution in [0.15, 0.2) is 0 Å². The van der Waals surface area contributed by atoms with Crippen LogP contribution in [0.4, 0.5) is 0 Å². The molecule has 2 nitrogen and oxygen atoms in total. The number of hydrogen-bond acceptors (Lipinski definition) is 2. The molecule has 0 aromatic heterocycles. The average Bonchev–Trinajstić information content (AvgIpc) is 2.33. The van der Waals surface area contributed by atoms with E-state index < -0.39 is 0 Å². The van der Waals surface area contributed by atoms with Crippen molar-refractivity contribution in [2.75, 3.05) is 0 Å². The predicted molar refractivity (Wildman–Crippen MR) is 69.7 cm³/mol. The van der Waals surface area contributed by atoms with E-state index in [-0.39, 0.29) is 12.2 Å². The van der Waals surface area contributed by atoms with Gasteiger partial charge in [0.1, 0.15) is 0 Å². The molecule has 3 unspecified atom stereocenters. The summed E-state index contributed by atoms with van der Waals surface area (Å²) in [4.78, 5) is 0. The van der Waals surface area contributed by atoms with Crippen molar-refractivity contribution in [1.29, 1.82) is 0 Å². The number of hydrogen-bond donors (Lipinski definition) is 2. The second kappa shape index (κ2) is 6.19. The smallest absolute Gasteiger partial charge is 0.0568 e. The first-order valence-electron chi connectivity index (χ1n) is 7.56. The van der Waals surface area contributed by atoms with Gasteiger partial charge in [-0.05, 0) is 69.1 Å². The van der Waals surface area contributed by atoms with Gasteiger partial charge in [-0.2, -0.15) is 0 Å². The van der Waals surface area contributed by atoms with Crippen LogP contribution < -0.4 is 0 Å². The summed E-state index contributed by atoms with van der Waals surface area (Å²) in [7, 11) is 0. The maximum atomic E-state index is 10.0. The lowest BCUT2D eigenvalue weighted by molar-refractivity contribution is 0.0132. The van der Waals surface area contributed by atoms with Crippen LogP contribution in [-0.4, -0.2) is 22.4 Å². The third-order valence-corrected chi connectivity index (χ3v) is 5.05. The molecule has 2 rings (SSSR count). The van der Waals surface area contributed by atoms with Crippen molar-refractivity contribution < 1.29 is 10.2 Å². The van der Waals surface area contributed by atoms with Gasteiger partial charge in [0.15, 0.2) is 0 Å². The average molecular weight is 240 g/mol. The predicted octanol–water partition coefficient (Wildman–Crippen LogP) is 3.11. The van der Waals surface area contributed by atoms with Crippen LogP contribution in [0.25, 0.3) is 0 Å². The monoisotopic (exact) mass is 240 g/mol. The molecule has 2 saturated carbocycles. The standard InChI is InChI=1S/C15H28O2/c1-2-3-13-10-12(6-9-15(13)17)11-4-7-14(16)8-5-11/h11-17H,2-10H2,1H3. The summed E-state index contributed by atoms with van der Waals surface area (Å²) in [5.41, 5.74) is 0. The summed E-state index contributed by atoms with van der Waals surface area (Å²) in [5.74, 6) is 2.19. The van der Waals surface area contributed by atoms with Gasteiger partial charge >= 0.3 is 0 Å². The SMILES string of the molecule is CCCC1CC(C2CCC(O)CC2)CCC1O. The van der Waals surface area contributed by atoms with Gasteiger partial charge in [0.05, 0.1) is 12.2 Å². The van der Waals surface area contributed by atoms with E-state index in [2.05, 4.69) is 6.92 Å². The molecule has 2 heteroatoms. The molecule has 2 N–H and O–H groups in total. The van der Waals surface area contributed by atoms with Crippen molar-refractivity contribution in [2.45, 2.75) is 76.9 Å². The van der Waals surface area contributed by atoms with Gasteiger partial charge in [-0.15, -0.1) is 0 Å². The van der Waals surface area contributed by atoms with Gasteiger partial charge in [0.2, 0.25) is 0 Å². The number of aliphatic hydroxyl groups is 2. The van der Waals surface area contributed by atoms with Gasteiger partial charge in [-0.25, -0.2) is 0 Å². The van der Waals surface area contributed by atoms with Crippen LogP contribution in [0, 0.1) is 17.8 Å². The molecule has 2 aliphatic carbocycles. The van der Waals surface area contributed by atoms with Crippen LogP contribution in [0.2, 0.25) is 0 Å². The zero-order valence-electron chi connectivity index (χ0n) is 11.1. The molecule has 0 aliphatic heterocycles.